The number of aryl methyl sites for hydroxylation is 2. The lowest BCUT2D eigenvalue weighted by molar-refractivity contribution is -0.121. The van der Waals surface area contributed by atoms with Crippen molar-refractivity contribution in [1.29, 1.82) is 0 Å². The summed E-state index contributed by atoms with van der Waals surface area (Å²) in [4.78, 5) is 46.5. The normalized spacial score (nSPS) is 11.2. The lowest BCUT2D eigenvalue weighted by atomic mass is 10.1. The first-order valence-electron chi connectivity index (χ1n) is 11.7. The van der Waals surface area contributed by atoms with Gasteiger partial charge in [-0.15, -0.1) is 0 Å². The molecule has 2 aromatic carbocycles. The van der Waals surface area contributed by atoms with E-state index >= 15 is 0 Å². The van der Waals surface area contributed by atoms with Gasteiger partial charge in [0.2, 0.25) is 5.91 Å². The van der Waals surface area contributed by atoms with Crippen molar-refractivity contribution in [3.63, 3.8) is 0 Å². The molecule has 0 unspecified atom stereocenters. The van der Waals surface area contributed by atoms with Crippen molar-refractivity contribution in [2.75, 3.05) is 6.54 Å². The summed E-state index contributed by atoms with van der Waals surface area (Å²) in [5, 5.41) is 8.07. The van der Waals surface area contributed by atoms with Gasteiger partial charge in [-0.25, -0.2) is 14.6 Å². The van der Waals surface area contributed by atoms with Gasteiger partial charge in [0, 0.05) is 19.5 Å². The molecule has 0 radical (unpaired) electrons. The summed E-state index contributed by atoms with van der Waals surface area (Å²) in [6, 6.07) is 15.1. The smallest absolute Gasteiger partial charge is 0.264 e. The maximum Gasteiger partial charge on any atom is 0.264 e. The number of para-hydroxylation sites is 1. The quantitative estimate of drug-likeness (QED) is 0.360. The van der Waals surface area contributed by atoms with Crippen LogP contribution in [0, 0.1) is 6.92 Å². The molecule has 36 heavy (non-hydrogen) atoms. The van der Waals surface area contributed by atoms with E-state index < -0.39 is 0 Å². The van der Waals surface area contributed by atoms with Gasteiger partial charge in [0.05, 0.1) is 36.5 Å². The third-order valence-electron chi connectivity index (χ3n) is 6.01. The fraction of sp³-hybridized carbons (Fsp3) is 0.231. The topological polar surface area (TPSA) is 117 Å². The molecule has 5 aromatic rings. The van der Waals surface area contributed by atoms with Crippen LogP contribution in [0.2, 0.25) is 0 Å². The summed E-state index contributed by atoms with van der Waals surface area (Å²) in [5.41, 5.74) is 2.93. The van der Waals surface area contributed by atoms with Gasteiger partial charge in [-0.1, -0.05) is 42.0 Å². The number of carbonyl (C=O) groups is 1. The Labute approximate surface area is 205 Å². The Morgan fingerprint density at radius 3 is 2.58 bits per heavy atom. The molecule has 1 N–H and O–H groups in total. The Morgan fingerprint density at radius 2 is 1.72 bits per heavy atom. The molecule has 5 rings (SSSR count). The minimum absolute atomic E-state index is 0.141. The van der Waals surface area contributed by atoms with Gasteiger partial charge in [0.1, 0.15) is 11.7 Å². The van der Waals surface area contributed by atoms with E-state index in [-0.39, 0.29) is 30.0 Å². The third-order valence-corrected chi connectivity index (χ3v) is 6.01. The van der Waals surface area contributed by atoms with Gasteiger partial charge in [-0.05, 0) is 24.6 Å². The second-order valence-corrected chi connectivity index (χ2v) is 8.63. The van der Waals surface area contributed by atoms with Crippen LogP contribution in [0.25, 0.3) is 21.9 Å². The zero-order chi connectivity index (χ0) is 25.1. The maximum atomic E-state index is 12.9. The van der Waals surface area contributed by atoms with Crippen LogP contribution in [0.1, 0.15) is 17.5 Å². The first-order valence-corrected chi connectivity index (χ1v) is 11.7. The van der Waals surface area contributed by atoms with Crippen LogP contribution in [0.3, 0.4) is 0 Å². The highest BCUT2D eigenvalue weighted by Gasteiger charge is 2.11. The zero-order valence-electron chi connectivity index (χ0n) is 19.8. The number of carbonyl (C=O) groups excluding carboxylic acids is 1. The van der Waals surface area contributed by atoms with E-state index in [4.69, 9.17) is 0 Å². The average Bonchev–Trinajstić information content (AvgIpc) is 3.29. The zero-order valence-corrected chi connectivity index (χ0v) is 19.8. The molecule has 1 amide bonds. The summed E-state index contributed by atoms with van der Waals surface area (Å²) >= 11 is 0. The molecule has 0 spiro atoms. The van der Waals surface area contributed by atoms with E-state index in [1.807, 2.05) is 37.3 Å². The number of fused-ring (bicyclic) bond motifs is 2. The van der Waals surface area contributed by atoms with E-state index in [1.54, 1.807) is 27.4 Å². The molecular weight excluding hydrogens is 458 g/mol. The van der Waals surface area contributed by atoms with Crippen molar-refractivity contribution in [3.05, 3.63) is 99.2 Å². The van der Waals surface area contributed by atoms with E-state index in [2.05, 4.69) is 20.4 Å². The largest absolute Gasteiger partial charge is 0.354 e. The number of rotatable bonds is 8. The van der Waals surface area contributed by atoms with Crippen molar-refractivity contribution in [2.45, 2.75) is 33.0 Å². The molecule has 182 valence electrons. The third kappa shape index (κ3) is 4.78. The van der Waals surface area contributed by atoms with Gasteiger partial charge in [-0.3, -0.25) is 23.5 Å². The van der Waals surface area contributed by atoms with Crippen LogP contribution in [0.5, 0.6) is 0 Å². The minimum Gasteiger partial charge on any atom is -0.354 e. The predicted octanol–water partition coefficient (Wildman–Crippen LogP) is 1.87. The Bertz CT molecular complexity index is 1680. The van der Waals surface area contributed by atoms with Gasteiger partial charge < -0.3 is 5.32 Å². The molecule has 3 aromatic heterocycles. The summed E-state index contributed by atoms with van der Waals surface area (Å²) < 4.78 is 4.61. The van der Waals surface area contributed by atoms with Gasteiger partial charge >= 0.3 is 0 Å². The molecule has 0 aliphatic heterocycles. The van der Waals surface area contributed by atoms with Gasteiger partial charge in [0.25, 0.3) is 11.1 Å². The first-order chi connectivity index (χ1) is 17.5. The highest BCUT2D eigenvalue weighted by atomic mass is 16.2. The lowest BCUT2D eigenvalue weighted by Crippen LogP contribution is -2.30. The summed E-state index contributed by atoms with van der Waals surface area (Å²) in [6.07, 6.45) is 4.64. The standard InChI is InChI=1S/C26H25N7O3/c1-18-5-4-6-19(13-18)15-32-17-29-24-21(26(32)36)14-30-33(24)12-10-27-23(34)9-11-31-16-28-22-8-3-2-7-20(22)25(31)35/h2-8,13-14,16-17H,9-12,15H2,1H3,(H,27,34). The summed E-state index contributed by atoms with van der Waals surface area (Å²) in [6.45, 7) is 3.35. The number of nitrogens with one attached hydrogen (secondary N) is 1. The minimum atomic E-state index is -0.194. The fourth-order valence-electron chi connectivity index (χ4n) is 4.16. The molecule has 0 aliphatic carbocycles. The highest BCUT2D eigenvalue weighted by molar-refractivity contribution is 5.77. The SMILES string of the molecule is Cc1cccc(Cn2cnc3c(cnn3CCNC(=O)CCn3cnc4ccccc4c3=O)c2=O)c1. The molecule has 10 nitrogen and oxygen atoms in total. The average molecular weight is 484 g/mol. The van der Waals surface area contributed by atoms with Crippen molar-refractivity contribution in [3.8, 4) is 0 Å². The van der Waals surface area contributed by atoms with Crippen LogP contribution in [0.4, 0.5) is 0 Å². The van der Waals surface area contributed by atoms with E-state index in [0.29, 0.717) is 41.6 Å². The molecule has 0 aliphatic rings. The van der Waals surface area contributed by atoms with Gasteiger partial charge in [0.15, 0.2) is 5.65 Å². The Kier molecular flexibility index (Phi) is 6.40. The Morgan fingerprint density at radius 1 is 0.917 bits per heavy atom. The molecule has 3 heterocycles. The predicted molar refractivity (Wildman–Crippen MR) is 136 cm³/mol. The van der Waals surface area contributed by atoms with E-state index in [1.165, 1.54) is 23.4 Å². The number of hydrogen-bond donors (Lipinski definition) is 1. The molecular formula is C26H25N7O3. The number of hydrogen-bond acceptors (Lipinski definition) is 6. The van der Waals surface area contributed by atoms with Crippen LogP contribution in [-0.2, 0) is 24.4 Å². The fourth-order valence-corrected chi connectivity index (χ4v) is 4.16. The van der Waals surface area contributed by atoms with Crippen molar-refractivity contribution < 1.29 is 4.79 Å². The molecule has 0 bridgehead atoms. The highest BCUT2D eigenvalue weighted by Crippen LogP contribution is 2.09. The Balaban J connectivity index is 1.18. The maximum absolute atomic E-state index is 12.9. The molecule has 0 fully saturated rings. The van der Waals surface area contributed by atoms with Crippen LogP contribution in [0.15, 0.2) is 77.0 Å². The molecule has 10 heteroatoms. The second kappa shape index (κ2) is 9.95. The van der Waals surface area contributed by atoms with Crippen LogP contribution >= 0.6 is 0 Å². The lowest BCUT2D eigenvalue weighted by Gasteiger charge is -2.09. The summed E-state index contributed by atoms with van der Waals surface area (Å²) in [5.74, 6) is -0.194. The number of amides is 1. The molecule has 0 atom stereocenters. The summed E-state index contributed by atoms with van der Waals surface area (Å²) in [7, 11) is 0. The molecule has 0 saturated heterocycles. The monoisotopic (exact) mass is 483 g/mol. The van der Waals surface area contributed by atoms with E-state index in [9.17, 15) is 14.4 Å². The second-order valence-electron chi connectivity index (χ2n) is 8.63. The van der Waals surface area contributed by atoms with Crippen molar-refractivity contribution in [2.24, 2.45) is 0 Å². The van der Waals surface area contributed by atoms with Gasteiger partial charge in [-0.2, -0.15) is 5.10 Å². The molecule has 0 saturated carbocycles. The van der Waals surface area contributed by atoms with E-state index in [0.717, 1.165) is 11.1 Å². The number of benzene rings is 2. The number of aromatic nitrogens is 6. The van der Waals surface area contributed by atoms with Crippen molar-refractivity contribution in [1.82, 2.24) is 34.2 Å². The van der Waals surface area contributed by atoms with Crippen LogP contribution in [-0.4, -0.2) is 41.3 Å². The number of nitrogens with zero attached hydrogens (tertiary/aromatic N) is 6. The first kappa shape index (κ1) is 23.2. The van der Waals surface area contributed by atoms with Crippen LogP contribution < -0.4 is 16.4 Å². The van der Waals surface area contributed by atoms with Crippen molar-refractivity contribution >= 4 is 27.8 Å². The Hall–Kier alpha value is -4.60.